The van der Waals surface area contributed by atoms with Gasteiger partial charge in [0, 0.05) is 11.4 Å². The van der Waals surface area contributed by atoms with E-state index in [0.717, 1.165) is 0 Å². The minimum absolute atomic E-state index is 0.0234. The molecule has 0 aromatic heterocycles. The molecule has 0 atom stereocenters. The minimum Gasteiger partial charge on any atom is -0.478 e. The molecule has 116 valence electrons. The van der Waals surface area contributed by atoms with Crippen LogP contribution in [0.15, 0.2) is 40.7 Å². The lowest BCUT2D eigenvalue weighted by Crippen LogP contribution is -2.31. The van der Waals surface area contributed by atoms with Crippen LogP contribution in [0, 0.1) is 0 Å². The van der Waals surface area contributed by atoms with Crippen molar-refractivity contribution in [2.45, 2.75) is 19.8 Å². The highest BCUT2D eigenvalue weighted by Gasteiger charge is 2.36. The van der Waals surface area contributed by atoms with Gasteiger partial charge in [0.1, 0.15) is 0 Å². The second kappa shape index (κ2) is 5.73. The van der Waals surface area contributed by atoms with Crippen LogP contribution in [0.25, 0.3) is 0 Å². The molecule has 7 heteroatoms. The summed E-state index contributed by atoms with van der Waals surface area (Å²) in [4.78, 5) is 23.2. The number of nitrogen functional groups attached to an aromatic ring is 1. The first-order valence-corrected chi connectivity index (χ1v) is 6.82. The van der Waals surface area contributed by atoms with E-state index in [1.165, 1.54) is 12.1 Å². The van der Waals surface area contributed by atoms with Crippen molar-refractivity contribution in [3.05, 3.63) is 51.3 Å². The fourth-order valence-electron chi connectivity index (χ4n) is 2.64. The second-order valence-corrected chi connectivity index (χ2v) is 5.43. The van der Waals surface area contributed by atoms with E-state index in [4.69, 9.17) is 17.3 Å². The number of dihydropyridines is 1. The molecule has 6 nitrogen and oxygen atoms in total. The fourth-order valence-corrected chi connectivity index (χ4v) is 2.75. The molecule has 0 aliphatic carbocycles. The molecule has 1 aromatic rings. The molecule has 22 heavy (non-hydrogen) atoms. The Balaban J connectivity index is 2.71. The molecule has 1 aliphatic heterocycles. The first-order chi connectivity index (χ1) is 10.2. The normalized spacial score (nSPS) is 15.8. The van der Waals surface area contributed by atoms with Crippen LogP contribution in [0.4, 0.5) is 5.69 Å². The maximum absolute atomic E-state index is 11.6. The predicted molar refractivity (Wildman–Crippen MR) is 82.4 cm³/mol. The summed E-state index contributed by atoms with van der Waals surface area (Å²) in [6.45, 7) is 3.19. The van der Waals surface area contributed by atoms with Crippen molar-refractivity contribution in [2.24, 2.45) is 0 Å². The van der Waals surface area contributed by atoms with Crippen LogP contribution in [-0.4, -0.2) is 22.2 Å². The SMILES string of the molecule is CC1=C(C(=O)O)C(c2ccc(Cl)c(N)c2)C(C(=O)O)=C(C)N1. The van der Waals surface area contributed by atoms with E-state index < -0.39 is 17.9 Å². The van der Waals surface area contributed by atoms with Gasteiger partial charge in [0.25, 0.3) is 0 Å². The van der Waals surface area contributed by atoms with E-state index in [1.807, 2.05) is 0 Å². The number of halogens is 1. The Hall–Kier alpha value is -2.47. The topological polar surface area (TPSA) is 113 Å². The summed E-state index contributed by atoms with van der Waals surface area (Å²) >= 11 is 5.88. The largest absolute Gasteiger partial charge is 0.478 e. The van der Waals surface area contributed by atoms with Crippen molar-refractivity contribution in [2.75, 3.05) is 5.73 Å². The maximum atomic E-state index is 11.6. The number of aliphatic carboxylic acids is 2. The molecular weight excluding hydrogens is 308 g/mol. The van der Waals surface area contributed by atoms with Crippen molar-refractivity contribution in [1.82, 2.24) is 5.32 Å². The van der Waals surface area contributed by atoms with Gasteiger partial charge in [-0.1, -0.05) is 17.7 Å². The van der Waals surface area contributed by atoms with Crippen molar-refractivity contribution in [3.63, 3.8) is 0 Å². The first-order valence-electron chi connectivity index (χ1n) is 6.44. The van der Waals surface area contributed by atoms with Gasteiger partial charge in [-0.3, -0.25) is 0 Å². The van der Waals surface area contributed by atoms with E-state index in [-0.39, 0.29) is 16.8 Å². The average molecular weight is 323 g/mol. The van der Waals surface area contributed by atoms with Crippen LogP contribution < -0.4 is 11.1 Å². The number of anilines is 1. The van der Waals surface area contributed by atoms with E-state index in [0.29, 0.717) is 22.0 Å². The van der Waals surface area contributed by atoms with E-state index in [9.17, 15) is 19.8 Å². The Morgan fingerprint density at radius 3 is 2.05 bits per heavy atom. The standard InChI is InChI=1S/C15H15ClN2O4/c1-6-11(14(19)20)13(12(15(21)22)7(2)18-6)8-3-4-9(16)10(17)5-8/h3-5,13,18H,17H2,1-2H3,(H,19,20)(H,21,22). The van der Waals surface area contributed by atoms with Crippen LogP contribution in [-0.2, 0) is 9.59 Å². The summed E-state index contributed by atoms with van der Waals surface area (Å²) < 4.78 is 0. The summed E-state index contributed by atoms with van der Waals surface area (Å²) in [5.41, 5.74) is 7.25. The van der Waals surface area contributed by atoms with Gasteiger partial charge in [-0.05, 0) is 31.5 Å². The average Bonchev–Trinajstić information content (AvgIpc) is 2.39. The number of hydrogen-bond acceptors (Lipinski definition) is 4. The van der Waals surface area contributed by atoms with Gasteiger partial charge in [-0.15, -0.1) is 0 Å². The number of allylic oxidation sites excluding steroid dienone is 2. The monoisotopic (exact) mass is 322 g/mol. The van der Waals surface area contributed by atoms with Crippen LogP contribution >= 0.6 is 11.6 Å². The molecule has 0 radical (unpaired) electrons. The second-order valence-electron chi connectivity index (χ2n) is 5.03. The number of hydrogen-bond donors (Lipinski definition) is 4. The Bertz CT molecular complexity index is 701. The molecule has 5 N–H and O–H groups in total. The fraction of sp³-hybridized carbons (Fsp3) is 0.200. The van der Waals surface area contributed by atoms with E-state index >= 15 is 0 Å². The van der Waals surface area contributed by atoms with Crippen molar-refractivity contribution < 1.29 is 19.8 Å². The van der Waals surface area contributed by atoms with E-state index in [1.54, 1.807) is 19.9 Å². The summed E-state index contributed by atoms with van der Waals surface area (Å²) in [6.07, 6.45) is 0. The summed E-state index contributed by atoms with van der Waals surface area (Å²) in [6, 6.07) is 4.61. The highest BCUT2D eigenvalue weighted by atomic mass is 35.5. The molecule has 0 spiro atoms. The third-order valence-electron chi connectivity index (χ3n) is 3.57. The van der Waals surface area contributed by atoms with Gasteiger partial charge < -0.3 is 21.3 Å². The van der Waals surface area contributed by atoms with Crippen LogP contribution in [0.3, 0.4) is 0 Å². The molecule has 0 saturated heterocycles. The predicted octanol–water partition coefficient (Wildman–Crippen LogP) is 2.33. The third-order valence-corrected chi connectivity index (χ3v) is 3.92. The lowest BCUT2D eigenvalue weighted by atomic mass is 9.80. The highest BCUT2D eigenvalue weighted by Crippen LogP contribution is 2.39. The Kier molecular flexibility index (Phi) is 4.14. The van der Waals surface area contributed by atoms with Gasteiger partial charge in [-0.2, -0.15) is 0 Å². The lowest BCUT2D eigenvalue weighted by Gasteiger charge is -2.28. The first kappa shape index (κ1) is 15.9. The van der Waals surface area contributed by atoms with Crippen molar-refractivity contribution in [3.8, 4) is 0 Å². The summed E-state index contributed by atoms with van der Waals surface area (Å²) in [5, 5.41) is 22.1. The van der Waals surface area contributed by atoms with Crippen LogP contribution in [0.2, 0.25) is 5.02 Å². The Labute approximate surface area is 131 Å². The minimum atomic E-state index is -1.19. The van der Waals surface area contributed by atoms with Gasteiger partial charge in [0.05, 0.1) is 27.8 Å². The summed E-state index contributed by atoms with van der Waals surface area (Å²) in [5.74, 6) is -3.29. The molecule has 1 aliphatic rings. The zero-order valence-electron chi connectivity index (χ0n) is 12.0. The van der Waals surface area contributed by atoms with Crippen molar-refractivity contribution >= 4 is 29.2 Å². The van der Waals surface area contributed by atoms with Crippen LogP contribution in [0.1, 0.15) is 25.3 Å². The van der Waals surface area contributed by atoms with Gasteiger partial charge >= 0.3 is 11.9 Å². The lowest BCUT2D eigenvalue weighted by molar-refractivity contribution is -0.133. The number of carboxylic acid groups (broad SMARTS) is 2. The zero-order valence-corrected chi connectivity index (χ0v) is 12.7. The van der Waals surface area contributed by atoms with E-state index in [2.05, 4.69) is 5.32 Å². The van der Waals surface area contributed by atoms with Crippen LogP contribution in [0.5, 0.6) is 0 Å². The summed E-state index contributed by atoms with van der Waals surface area (Å²) in [7, 11) is 0. The molecule has 0 bridgehead atoms. The molecule has 0 saturated carbocycles. The molecule has 0 amide bonds. The van der Waals surface area contributed by atoms with Gasteiger partial charge in [0.15, 0.2) is 0 Å². The smallest absolute Gasteiger partial charge is 0.334 e. The van der Waals surface area contributed by atoms with Gasteiger partial charge in [0.2, 0.25) is 0 Å². The Morgan fingerprint density at radius 2 is 1.64 bits per heavy atom. The number of nitrogens with one attached hydrogen (secondary N) is 1. The number of benzene rings is 1. The molecule has 0 unspecified atom stereocenters. The molecule has 1 heterocycles. The maximum Gasteiger partial charge on any atom is 0.334 e. The Morgan fingerprint density at radius 1 is 1.14 bits per heavy atom. The highest BCUT2D eigenvalue weighted by molar-refractivity contribution is 6.33. The molecule has 0 fully saturated rings. The third kappa shape index (κ3) is 2.65. The number of nitrogens with two attached hydrogens (primary N) is 1. The van der Waals surface area contributed by atoms with Crippen molar-refractivity contribution in [1.29, 1.82) is 0 Å². The molecular formula is C15H15ClN2O4. The number of rotatable bonds is 3. The number of carboxylic acids is 2. The molecule has 1 aromatic carbocycles. The number of carbonyl (C=O) groups is 2. The quantitative estimate of drug-likeness (QED) is 0.635. The zero-order chi connectivity index (χ0) is 16.6. The molecule has 2 rings (SSSR count). The van der Waals surface area contributed by atoms with Gasteiger partial charge in [-0.25, -0.2) is 9.59 Å².